The highest BCUT2D eigenvalue weighted by atomic mass is 16.5. The van der Waals surface area contributed by atoms with E-state index >= 15 is 0 Å². The van der Waals surface area contributed by atoms with Gasteiger partial charge in [-0.05, 0) is 43.3 Å². The number of nitrogens with zero attached hydrogens (tertiary/aromatic N) is 1. The molecule has 0 aliphatic carbocycles. The molecule has 0 spiro atoms. The highest BCUT2D eigenvalue weighted by Gasteiger charge is 2.12. The molecule has 0 unspecified atom stereocenters. The smallest absolute Gasteiger partial charge is 0.271 e. The van der Waals surface area contributed by atoms with E-state index in [-0.39, 0.29) is 5.91 Å². The van der Waals surface area contributed by atoms with E-state index in [0.29, 0.717) is 34.3 Å². The molecule has 0 radical (unpaired) electrons. The molecule has 0 atom stereocenters. The lowest BCUT2D eigenvalue weighted by Crippen LogP contribution is -2.19. The van der Waals surface area contributed by atoms with Crippen LogP contribution in [0.4, 0.5) is 0 Å². The normalized spacial score (nSPS) is 10.9. The fraction of sp³-hybridized carbons (Fsp3) is 0.263. The maximum Gasteiger partial charge on any atom is 0.271 e. The van der Waals surface area contributed by atoms with Gasteiger partial charge in [0.05, 0.1) is 34.2 Å². The Bertz CT molecular complexity index is 818. The van der Waals surface area contributed by atoms with Gasteiger partial charge < -0.3 is 18.9 Å². The minimum atomic E-state index is -0.368. The van der Waals surface area contributed by atoms with Crippen molar-refractivity contribution in [2.45, 2.75) is 6.92 Å². The molecule has 0 fully saturated rings. The van der Waals surface area contributed by atoms with Crippen LogP contribution in [-0.2, 0) is 0 Å². The fourth-order valence-corrected chi connectivity index (χ4v) is 2.33. The number of rotatable bonds is 7. The first-order chi connectivity index (χ1) is 12.5. The van der Waals surface area contributed by atoms with E-state index in [0.717, 1.165) is 5.56 Å². The molecule has 2 aromatic carbocycles. The molecule has 0 aliphatic heterocycles. The number of ether oxygens (including phenoxy) is 4. The summed E-state index contributed by atoms with van der Waals surface area (Å²) in [4.78, 5) is 12.4. The predicted octanol–water partition coefficient (Wildman–Crippen LogP) is 2.88. The van der Waals surface area contributed by atoms with Gasteiger partial charge in [-0.25, -0.2) is 5.43 Å². The standard InChI is InChI=1S/C19H22N2O5/c1-12(15-11-14(23-2)7-9-16(15)24-3)20-21-19(22)13-6-8-17(25-4)18(10-13)26-5/h6-11H,1-5H3,(H,21,22)/b20-12-. The van der Waals surface area contributed by atoms with Crippen molar-refractivity contribution in [3.63, 3.8) is 0 Å². The Morgan fingerprint density at radius 2 is 1.50 bits per heavy atom. The van der Waals surface area contributed by atoms with E-state index in [1.165, 1.54) is 14.2 Å². The number of hydrogen-bond donors (Lipinski definition) is 1. The molecule has 0 aromatic heterocycles. The lowest BCUT2D eigenvalue weighted by Gasteiger charge is -2.11. The first-order valence-electron chi connectivity index (χ1n) is 7.83. The van der Waals surface area contributed by atoms with Gasteiger partial charge in [0.2, 0.25) is 0 Å². The second-order valence-electron chi connectivity index (χ2n) is 5.27. The third-order valence-corrected chi connectivity index (χ3v) is 3.77. The van der Waals surface area contributed by atoms with E-state index in [1.807, 2.05) is 0 Å². The van der Waals surface area contributed by atoms with Crippen molar-refractivity contribution in [3.05, 3.63) is 47.5 Å². The number of hydrogen-bond acceptors (Lipinski definition) is 6. The summed E-state index contributed by atoms with van der Waals surface area (Å²) in [6.45, 7) is 1.77. The van der Waals surface area contributed by atoms with Crippen LogP contribution in [0.25, 0.3) is 0 Å². The van der Waals surface area contributed by atoms with Crippen molar-refractivity contribution in [2.24, 2.45) is 5.10 Å². The topological polar surface area (TPSA) is 78.4 Å². The predicted molar refractivity (Wildman–Crippen MR) is 98.8 cm³/mol. The number of carbonyl (C=O) groups excluding carboxylic acids is 1. The summed E-state index contributed by atoms with van der Waals surface area (Å²) in [5.74, 6) is 1.95. The summed E-state index contributed by atoms with van der Waals surface area (Å²) < 4.78 is 20.9. The third kappa shape index (κ3) is 4.24. The van der Waals surface area contributed by atoms with Crippen molar-refractivity contribution >= 4 is 11.6 Å². The van der Waals surface area contributed by atoms with Crippen LogP contribution in [0.3, 0.4) is 0 Å². The van der Waals surface area contributed by atoms with Crippen LogP contribution >= 0.6 is 0 Å². The summed E-state index contributed by atoms with van der Waals surface area (Å²) >= 11 is 0. The molecule has 7 heteroatoms. The SMILES string of the molecule is COc1ccc(OC)c(/C(C)=N\NC(=O)c2ccc(OC)c(OC)c2)c1. The quantitative estimate of drug-likeness (QED) is 0.608. The van der Waals surface area contributed by atoms with Gasteiger partial charge in [0.25, 0.3) is 5.91 Å². The summed E-state index contributed by atoms with van der Waals surface area (Å²) in [6, 6.07) is 10.2. The van der Waals surface area contributed by atoms with Gasteiger partial charge in [-0.2, -0.15) is 5.10 Å². The van der Waals surface area contributed by atoms with Crippen molar-refractivity contribution < 1.29 is 23.7 Å². The second-order valence-corrected chi connectivity index (χ2v) is 5.27. The Morgan fingerprint density at radius 3 is 2.12 bits per heavy atom. The molecule has 0 aliphatic rings. The van der Waals surface area contributed by atoms with Gasteiger partial charge in [-0.15, -0.1) is 0 Å². The summed E-state index contributed by atoms with van der Waals surface area (Å²) in [7, 11) is 6.20. The Kier molecular flexibility index (Phi) is 6.43. The van der Waals surface area contributed by atoms with Crippen molar-refractivity contribution in [3.8, 4) is 23.0 Å². The van der Waals surface area contributed by atoms with Crippen molar-refractivity contribution in [2.75, 3.05) is 28.4 Å². The number of benzene rings is 2. The van der Waals surface area contributed by atoms with E-state index < -0.39 is 0 Å². The molecule has 1 amide bonds. The van der Waals surface area contributed by atoms with Crippen LogP contribution in [0, 0.1) is 0 Å². The molecular formula is C19H22N2O5. The second kappa shape index (κ2) is 8.75. The Balaban J connectivity index is 2.22. The zero-order valence-corrected chi connectivity index (χ0v) is 15.5. The molecule has 26 heavy (non-hydrogen) atoms. The maximum absolute atomic E-state index is 12.4. The minimum absolute atomic E-state index is 0.368. The highest BCUT2D eigenvalue weighted by molar-refractivity contribution is 6.03. The molecule has 2 rings (SSSR count). The average molecular weight is 358 g/mol. The first-order valence-corrected chi connectivity index (χ1v) is 7.83. The number of nitrogens with one attached hydrogen (secondary N) is 1. The average Bonchev–Trinajstić information content (AvgIpc) is 2.70. The van der Waals surface area contributed by atoms with E-state index in [9.17, 15) is 4.79 Å². The molecule has 2 aromatic rings. The molecule has 0 bridgehead atoms. The number of carbonyl (C=O) groups is 1. The van der Waals surface area contributed by atoms with E-state index in [4.69, 9.17) is 18.9 Å². The minimum Gasteiger partial charge on any atom is -0.497 e. The van der Waals surface area contributed by atoms with Crippen LogP contribution in [0.1, 0.15) is 22.8 Å². The number of hydrazone groups is 1. The Labute approximate surface area is 152 Å². The Morgan fingerprint density at radius 1 is 0.846 bits per heavy atom. The lowest BCUT2D eigenvalue weighted by atomic mass is 10.1. The summed E-state index contributed by atoms with van der Waals surface area (Å²) in [5, 5.41) is 4.16. The van der Waals surface area contributed by atoms with E-state index in [1.54, 1.807) is 57.5 Å². The van der Waals surface area contributed by atoms with Crippen molar-refractivity contribution in [1.29, 1.82) is 0 Å². The monoisotopic (exact) mass is 358 g/mol. The largest absolute Gasteiger partial charge is 0.497 e. The molecule has 0 saturated heterocycles. The van der Waals surface area contributed by atoms with Crippen LogP contribution < -0.4 is 24.4 Å². The highest BCUT2D eigenvalue weighted by Crippen LogP contribution is 2.27. The van der Waals surface area contributed by atoms with Gasteiger partial charge >= 0.3 is 0 Å². The zero-order chi connectivity index (χ0) is 19.1. The van der Waals surface area contributed by atoms with Crippen LogP contribution in [0.2, 0.25) is 0 Å². The molecule has 138 valence electrons. The van der Waals surface area contributed by atoms with Crippen LogP contribution in [0.5, 0.6) is 23.0 Å². The maximum atomic E-state index is 12.4. The van der Waals surface area contributed by atoms with E-state index in [2.05, 4.69) is 10.5 Å². The molecule has 7 nitrogen and oxygen atoms in total. The van der Waals surface area contributed by atoms with Gasteiger partial charge in [0.1, 0.15) is 11.5 Å². The molecule has 0 saturated carbocycles. The van der Waals surface area contributed by atoms with Gasteiger partial charge in [0, 0.05) is 11.1 Å². The number of methoxy groups -OCH3 is 4. The third-order valence-electron chi connectivity index (χ3n) is 3.77. The van der Waals surface area contributed by atoms with Gasteiger partial charge in [0.15, 0.2) is 11.5 Å². The number of amides is 1. The summed E-state index contributed by atoms with van der Waals surface area (Å²) in [5.41, 5.74) is 4.23. The Hall–Kier alpha value is -3.22. The van der Waals surface area contributed by atoms with Crippen LogP contribution in [-0.4, -0.2) is 40.1 Å². The molecule has 0 heterocycles. The first kappa shape index (κ1) is 19.1. The van der Waals surface area contributed by atoms with Gasteiger partial charge in [-0.3, -0.25) is 4.79 Å². The lowest BCUT2D eigenvalue weighted by molar-refractivity contribution is 0.0954. The van der Waals surface area contributed by atoms with Gasteiger partial charge in [-0.1, -0.05) is 0 Å². The molecular weight excluding hydrogens is 336 g/mol. The fourth-order valence-electron chi connectivity index (χ4n) is 2.33. The van der Waals surface area contributed by atoms with Crippen molar-refractivity contribution in [1.82, 2.24) is 5.43 Å². The molecule has 1 N–H and O–H groups in total. The summed E-state index contributed by atoms with van der Waals surface area (Å²) in [6.07, 6.45) is 0. The zero-order valence-electron chi connectivity index (χ0n) is 15.5. The van der Waals surface area contributed by atoms with Crippen LogP contribution in [0.15, 0.2) is 41.5 Å².